The van der Waals surface area contributed by atoms with Crippen LogP contribution in [0.15, 0.2) is 24.0 Å². The van der Waals surface area contributed by atoms with Gasteiger partial charge in [-0.2, -0.15) is 0 Å². The molecule has 7 nitrogen and oxygen atoms in total. The number of hydrogen-bond donors (Lipinski definition) is 1. The summed E-state index contributed by atoms with van der Waals surface area (Å²) in [6.07, 6.45) is 8.29. The molecule has 1 saturated heterocycles. The van der Waals surface area contributed by atoms with Gasteiger partial charge < -0.3 is 10.2 Å². The number of piperidine rings is 1. The van der Waals surface area contributed by atoms with E-state index in [1.807, 2.05) is 0 Å². The molecule has 1 aliphatic rings. The minimum absolute atomic E-state index is 0.134. The molecule has 1 amide bonds. The predicted molar refractivity (Wildman–Crippen MR) is 94.3 cm³/mol. The van der Waals surface area contributed by atoms with E-state index in [2.05, 4.69) is 25.6 Å². The highest BCUT2D eigenvalue weighted by molar-refractivity contribution is 7.13. The molecule has 1 aliphatic heterocycles. The first-order chi connectivity index (χ1) is 11.6. The Kier molecular flexibility index (Phi) is 5.37. The number of amides is 1. The molecule has 128 valence electrons. The Morgan fingerprint density at radius 2 is 2.29 bits per heavy atom. The van der Waals surface area contributed by atoms with Gasteiger partial charge in [0, 0.05) is 31.9 Å². The van der Waals surface area contributed by atoms with Gasteiger partial charge in [-0.05, 0) is 19.4 Å². The minimum atomic E-state index is 0.134. The van der Waals surface area contributed by atoms with E-state index in [1.165, 1.54) is 6.42 Å². The van der Waals surface area contributed by atoms with E-state index in [4.69, 9.17) is 4.98 Å². The predicted octanol–water partition coefficient (Wildman–Crippen LogP) is 2.29. The fourth-order valence-corrected chi connectivity index (χ4v) is 3.56. The van der Waals surface area contributed by atoms with Crippen molar-refractivity contribution in [2.24, 2.45) is 0 Å². The van der Waals surface area contributed by atoms with Gasteiger partial charge >= 0.3 is 0 Å². The zero-order valence-electron chi connectivity index (χ0n) is 14.0. The second-order valence-electron chi connectivity index (χ2n) is 6.06. The van der Waals surface area contributed by atoms with Crippen LogP contribution in [0.1, 0.15) is 31.0 Å². The molecule has 24 heavy (non-hydrogen) atoms. The van der Waals surface area contributed by atoms with Gasteiger partial charge in [0.15, 0.2) is 10.9 Å². The summed E-state index contributed by atoms with van der Waals surface area (Å²) in [5.74, 6) is 0.816. The Hall–Kier alpha value is -2.06. The quantitative estimate of drug-likeness (QED) is 0.895. The summed E-state index contributed by atoms with van der Waals surface area (Å²) in [5.41, 5.74) is 1.03. The maximum atomic E-state index is 12.1. The average Bonchev–Trinajstić information content (AvgIpc) is 3.04. The Bertz CT molecular complexity index is 674. The highest BCUT2D eigenvalue weighted by atomic mass is 32.1. The van der Waals surface area contributed by atoms with Crippen molar-refractivity contribution < 1.29 is 4.79 Å². The van der Waals surface area contributed by atoms with Gasteiger partial charge in [-0.3, -0.25) is 14.7 Å². The number of carbonyl (C=O) groups is 1. The maximum Gasteiger partial charge on any atom is 0.236 e. The number of carbonyl (C=O) groups excluding carboxylic acids is 1. The second kappa shape index (κ2) is 7.67. The Labute approximate surface area is 145 Å². The molecular formula is C16H22N6OS. The molecule has 1 fully saturated rings. The van der Waals surface area contributed by atoms with E-state index in [0.29, 0.717) is 12.4 Å². The number of likely N-dealkylation sites (N-methyl/N-ethyl adjacent to an activating group) is 1. The van der Waals surface area contributed by atoms with E-state index in [0.717, 1.165) is 30.2 Å². The molecule has 1 N–H and O–H groups in total. The lowest BCUT2D eigenvalue weighted by atomic mass is 10.00. The molecular weight excluding hydrogens is 324 g/mol. The van der Waals surface area contributed by atoms with Crippen LogP contribution in [0.4, 0.5) is 10.9 Å². The summed E-state index contributed by atoms with van der Waals surface area (Å²) in [4.78, 5) is 28.9. The summed E-state index contributed by atoms with van der Waals surface area (Å²) >= 11 is 1.55. The molecule has 2 aromatic rings. The monoisotopic (exact) mass is 346 g/mol. The van der Waals surface area contributed by atoms with Crippen molar-refractivity contribution in [3.8, 4) is 0 Å². The smallest absolute Gasteiger partial charge is 0.236 e. The highest BCUT2D eigenvalue weighted by Gasteiger charge is 2.28. The topological polar surface area (TPSA) is 74.2 Å². The van der Waals surface area contributed by atoms with Crippen LogP contribution in [0.25, 0.3) is 0 Å². The van der Waals surface area contributed by atoms with Gasteiger partial charge in [-0.1, -0.05) is 6.42 Å². The van der Waals surface area contributed by atoms with Crippen LogP contribution < -0.4 is 5.32 Å². The van der Waals surface area contributed by atoms with E-state index < -0.39 is 0 Å². The van der Waals surface area contributed by atoms with E-state index in [9.17, 15) is 4.79 Å². The largest absolute Gasteiger partial charge is 0.348 e. The van der Waals surface area contributed by atoms with Crippen molar-refractivity contribution in [1.29, 1.82) is 0 Å². The van der Waals surface area contributed by atoms with Crippen molar-refractivity contribution in [1.82, 2.24) is 24.8 Å². The average molecular weight is 346 g/mol. The summed E-state index contributed by atoms with van der Waals surface area (Å²) in [6.45, 7) is 1.39. The lowest BCUT2D eigenvalue weighted by Crippen LogP contribution is -2.41. The van der Waals surface area contributed by atoms with Crippen molar-refractivity contribution in [3.63, 3.8) is 0 Å². The summed E-state index contributed by atoms with van der Waals surface area (Å²) in [5, 5.41) is 6.05. The van der Waals surface area contributed by atoms with Crippen LogP contribution in [0.2, 0.25) is 0 Å². The fourth-order valence-electron chi connectivity index (χ4n) is 2.80. The van der Waals surface area contributed by atoms with Gasteiger partial charge in [0.1, 0.15) is 0 Å². The van der Waals surface area contributed by atoms with Gasteiger partial charge in [-0.15, -0.1) is 11.3 Å². The van der Waals surface area contributed by atoms with E-state index in [1.54, 1.807) is 48.9 Å². The normalized spacial score (nSPS) is 18.3. The van der Waals surface area contributed by atoms with Crippen LogP contribution in [0.3, 0.4) is 0 Å². The van der Waals surface area contributed by atoms with Gasteiger partial charge in [0.25, 0.3) is 0 Å². The van der Waals surface area contributed by atoms with Crippen molar-refractivity contribution >= 4 is 28.2 Å². The molecule has 3 heterocycles. The van der Waals surface area contributed by atoms with Gasteiger partial charge in [0.05, 0.1) is 24.5 Å². The molecule has 0 radical (unpaired) electrons. The molecule has 1 atom stereocenters. The molecule has 2 aromatic heterocycles. The van der Waals surface area contributed by atoms with Crippen molar-refractivity contribution in [3.05, 3.63) is 29.7 Å². The van der Waals surface area contributed by atoms with Crippen molar-refractivity contribution in [2.45, 2.75) is 25.3 Å². The molecule has 3 rings (SSSR count). The number of nitrogens with zero attached hydrogens (tertiary/aromatic N) is 5. The summed E-state index contributed by atoms with van der Waals surface area (Å²) in [7, 11) is 3.60. The first-order valence-corrected chi connectivity index (χ1v) is 8.94. The first kappa shape index (κ1) is 16.8. The maximum absolute atomic E-state index is 12.1. The number of likely N-dealkylation sites (tertiary alicyclic amines) is 1. The van der Waals surface area contributed by atoms with E-state index >= 15 is 0 Å². The molecule has 8 heteroatoms. The molecule has 0 aromatic carbocycles. The Morgan fingerprint density at radius 1 is 1.42 bits per heavy atom. The summed E-state index contributed by atoms with van der Waals surface area (Å²) < 4.78 is 0. The second-order valence-corrected chi connectivity index (χ2v) is 6.92. The molecule has 0 aliphatic carbocycles. The lowest BCUT2D eigenvalue weighted by Gasteiger charge is -2.34. The van der Waals surface area contributed by atoms with Crippen LogP contribution in [0, 0.1) is 0 Å². The number of hydrogen-bond acceptors (Lipinski definition) is 7. The molecule has 0 bridgehead atoms. The Balaban J connectivity index is 1.70. The zero-order valence-corrected chi connectivity index (χ0v) is 14.8. The first-order valence-electron chi connectivity index (χ1n) is 8.06. The van der Waals surface area contributed by atoms with Gasteiger partial charge in [0.2, 0.25) is 5.91 Å². The standard InChI is InChI=1S/C16H22N6OS/c1-21(2)15(23)10-22-8-4-3-5-13(22)12-11-24-16(19-12)20-14-9-17-6-7-18-14/h6-7,9,11,13H,3-5,8,10H2,1-2H3,(H,18,19,20)/t13-/m1/s1. The van der Waals surface area contributed by atoms with E-state index in [-0.39, 0.29) is 11.9 Å². The lowest BCUT2D eigenvalue weighted by molar-refractivity contribution is -0.130. The fraction of sp³-hybridized carbons (Fsp3) is 0.500. The number of anilines is 2. The third-order valence-electron chi connectivity index (χ3n) is 4.11. The molecule has 0 saturated carbocycles. The number of aromatic nitrogens is 3. The third-order valence-corrected chi connectivity index (χ3v) is 4.89. The van der Waals surface area contributed by atoms with Crippen LogP contribution in [0.5, 0.6) is 0 Å². The Morgan fingerprint density at radius 3 is 3.04 bits per heavy atom. The highest BCUT2D eigenvalue weighted by Crippen LogP contribution is 2.33. The van der Waals surface area contributed by atoms with Crippen LogP contribution >= 0.6 is 11.3 Å². The minimum Gasteiger partial charge on any atom is -0.348 e. The van der Waals surface area contributed by atoms with Gasteiger partial charge in [-0.25, -0.2) is 9.97 Å². The van der Waals surface area contributed by atoms with Crippen LogP contribution in [-0.4, -0.2) is 57.8 Å². The molecule has 0 unspecified atom stereocenters. The zero-order chi connectivity index (χ0) is 16.9. The number of rotatable bonds is 5. The number of nitrogens with one attached hydrogen (secondary N) is 1. The number of thiazole rings is 1. The summed E-state index contributed by atoms with van der Waals surface area (Å²) in [6, 6.07) is 0.205. The van der Waals surface area contributed by atoms with Crippen LogP contribution in [-0.2, 0) is 4.79 Å². The van der Waals surface area contributed by atoms with Crippen molar-refractivity contribution in [2.75, 3.05) is 32.5 Å². The SMILES string of the molecule is CN(C)C(=O)CN1CCCC[C@@H]1c1csc(Nc2cnccn2)n1. The third kappa shape index (κ3) is 4.07. The molecule has 0 spiro atoms.